The first-order chi connectivity index (χ1) is 8.63. The zero-order chi connectivity index (χ0) is 13.1. The predicted molar refractivity (Wildman–Crippen MR) is 65.3 cm³/mol. The number of aromatic nitrogens is 1. The van der Waals surface area contributed by atoms with E-state index in [1.807, 2.05) is 6.07 Å². The number of benzene rings is 1. The van der Waals surface area contributed by atoms with Gasteiger partial charge in [-0.15, -0.1) is 0 Å². The molecule has 2 rings (SSSR count). The van der Waals surface area contributed by atoms with Crippen LogP contribution in [-0.2, 0) is 6.54 Å². The maximum atomic E-state index is 13.9. The topological polar surface area (TPSA) is 49.0 Å². The van der Waals surface area contributed by atoms with Crippen LogP contribution in [0.15, 0.2) is 36.5 Å². The van der Waals surface area contributed by atoms with Crippen molar-refractivity contribution in [2.75, 3.05) is 0 Å². The minimum atomic E-state index is -0.609. The number of halogens is 1. The Morgan fingerprint density at radius 1 is 1.39 bits per heavy atom. The van der Waals surface area contributed by atoms with Crippen molar-refractivity contribution in [3.05, 3.63) is 59.2 Å². The summed E-state index contributed by atoms with van der Waals surface area (Å²) in [6.07, 6.45) is 1.17. The second-order valence-electron chi connectivity index (χ2n) is 4.13. The summed E-state index contributed by atoms with van der Waals surface area (Å²) in [7, 11) is 0. The number of hydrogen-bond acceptors (Lipinski definition) is 2. The first-order valence-corrected chi connectivity index (χ1v) is 5.64. The third-order valence-corrected chi connectivity index (χ3v) is 2.83. The zero-order valence-corrected chi connectivity index (χ0v) is 9.97. The lowest BCUT2D eigenvalue weighted by Gasteiger charge is -2.12. The van der Waals surface area contributed by atoms with Crippen LogP contribution in [0.2, 0.25) is 0 Å². The van der Waals surface area contributed by atoms with Gasteiger partial charge in [-0.1, -0.05) is 12.1 Å². The van der Waals surface area contributed by atoms with Crippen LogP contribution in [0.25, 0.3) is 0 Å². The highest BCUT2D eigenvalue weighted by atomic mass is 19.1. The Bertz CT molecular complexity index is 596. The summed E-state index contributed by atoms with van der Waals surface area (Å²) in [6.45, 7) is 1.96. The summed E-state index contributed by atoms with van der Waals surface area (Å²) >= 11 is 0. The van der Waals surface area contributed by atoms with E-state index in [0.717, 1.165) is 5.69 Å². The van der Waals surface area contributed by atoms with E-state index in [9.17, 15) is 9.50 Å². The fraction of sp³-hybridized carbons (Fsp3) is 0.214. The molecule has 0 radical (unpaired) electrons. The Morgan fingerprint density at radius 2 is 2.17 bits per heavy atom. The fourth-order valence-electron chi connectivity index (χ4n) is 1.92. The van der Waals surface area contributed by atoms with Crippen molar-refractivity contribution in [3.8, 4) is 6.07 Å². The molecule has 1 atom stereocenters. The summed E-state index contributed by atoms with van der Waals surface area (Å²) < 4.78 is 15.7. The highest BCUT2D eigenvalue weighted by Gasteiger charge is 2.11. The predicted octanol–water partition coefficient (Wildman–Crippen LogP) is 2.60. The molecule has 92 valence electrons. The van der Waals surface area contributed by atoms with Crippen molar-refractivity contribution in [3.63, 3.8) is 0 Å². The molecule has 0 aliphatic rings. The standard InChI is InChI=1S/C14H13FN2O/c1-10(18)13-6-3-7-17(13)9-12-5-2-4-11(8-16)14(12)15/h2-7,10,18H,9H2,1H3. The summed E-state index contributed by atoms with van der Waals surface area (Å²) in [5.41, 5.74) is 1.20. The molecule has 1 unspecified atom stereocenters. The lowest BCUT2D eigenvalue weighted by molar-refractivity contribution is 0.189. The molecule has 1 N–H and O–H groups in total. The maximum absolute atomic E-state index is 13.9. The third kappa shape index (κ3) is 2.27. The van der Waals surface area contributed by atoms with Gasteiger partial charge >= 0.3 is 0 Å². The Morgan fingerprint density at radius 3 is 2.83 bits per heavy atom. The molecule has 0 saturated heterocycles. The number of nitrogens with zero attached hydrogens (tertiary/aromatic N) is 2. The van der Waals surface area contributed by atoms with E-state index in [0.29, 0.717) is 12.1 Å². The molecule has 0 fully saturated rings. The Balaban J connectivity index is 2.35. The highest BCUT2D eigenvalue weighted by Crippen LogP contribution is 2.18. The molecule has 0 saturated carbocycles. The van der Waals surface area contributed by atoms with Gasteiger partial charge < -0.3 is 9.67 Å². The SMILES string of the molecule is CC(O)c1cccn1Cc1cccc(C#N)c1F. The lowest BCUT2D eigenvalue weighted by Crippen LogP contribution is -2.07. The number of aliphatic hydroxyl groups excluding tert-OH is 1. The summed E-state index contributed by atoms with van der Waals surface area (Å²) in [5.74, 6) is -0.495. The smallest absolute Gasteiger partial charge is 0.145 e. The zero-order valence-electron chi connectivity index (χ0n) is 9.97. The first-order valence-electron chi connectivity index (χ1n) is 5.64. The quantitative estimate of drug-likeness (QED) is 0.902. The van der Waals surface area contributed by atoms with Crippen molar-refractivity contribution in [2.24, 2.45) is 0 Å². The van der Waals surface area contributed by atoms with Crippen LogP contribution >= 0.6 is 0 Å². The van der Waals surface area contributed by atoms with Gasteiger partial charge in [-0.05, 0) is 25.1 Å². The molecule has 3 nitrogen and oxygen atoms in total. The van der Waals surface area contributed by atoms with Crippen LogP contribution < -0.4 is 0 Å². The fourth-order valence-corrected chi connectivity index (χ4v) is 1.92. The molecule has 0 spiro atoms. The molecule has 0 bridgehead atoms. The number of nitriles is 1. The van der Waals surface area contributed by atoms with E-state index in [1.165, 1.54) is 6.07 Å². The largest absolute Gasteiger partial charge is 0.387 e. The molecule has 4 heteroatoms. The van der Waals surface area contributed by atoms with E-state index >= 15 is 0 Å². The van der Waals surface area contributed by atoms with Gasteiger partial charge in [0, 0.05) is 17.5 Å². The van der Waals surface area contributed by atoms with E-state index in [1.54, 1.807) is 42.0 Å². The summed E-state index contributed by atoms with van der Waals surface area (Å²) in [6, 6.07) is 10.2. The minimum Gasteiger partial charge on any atom is -0.387 e. The second kappa shape index (κ2) is 5.03. The van der Waals surface area contributed by atoms with Crippen molar-refractivity contribution in [2.45, 2.75) is 19.6 Å². The van der Waals surface area contributed by atoms with Crippen LogP contribution in [0.1, 0.15) is 29.8 Å². The van der Waals surface area contributed by atoms with E-state index in [2.05, 4.69) is 0 Å². The van der Waals surface area contributed by atoms with E-state index in [4.69, 9.17) is 5.26 Å². The first kappa shape index (κ1) is 12.3. The van der Waals surface area contributed by atoms with Crippen LogP contribution in [0.5, 0.6) is 0 Å². The molecule has 2 aromatic rings. The average molecular weight is 244 g/mol. The van der Waals surface area contributed by atoms with Crippen LogP contribution in [-0.4, -0.2) is 9.67 Å². The molecule has 1 aromatic carbocycles. The van der Waals surface area contributed by atoms with Gasteiger partial charge in [-0.25, -0.2) is 4.39 Å². The van der Waals surface area contributed by atoms with Crippen molar-refractivity contribution in [1.29, 1.82) is 5.26 Å². The number of hydrogen-bond donors (Lipinski definition) is 1. The van der Waals surface area contributed by atoms with E-state index in [-0.39, 0.29) is 5.56 Å². The molecule has 0 aliphatic heterocycles. The molecular formula is C14H13FN2O. The minimum absolute atomic E-state index is 0.0400. The lowest BCUT2D eigenvalue weighted by atomic mass is 10.1. The van der Waals surface area contributed by atoms with Crippen LogP contribution in [0.4, 0.5) is 4.39 Å². The van der Waals surface area contributed by atoms with Crippen molar-refractivity contribution < 1.29 is 9.50 Å². The van der Waals surface area contributed by atoms with Crippen LogP contribution in [0.3, 0.4) is 0 Å². The monoisotopic (exact) mass is 244 g/mol. The van der Waals surface area contributed by atoms with Gasteiger partial charge in [0.15, 0.2) is 0 Å². The average Bonchev–Trinajstić information content (AvgIpc) is 2.80. The van der Waals surface area contributed by atoms with E-state index < -0.39 is 11.9 Å². The molecule has 1 aromatic heterocycles. The summed E-state index contributed by atoms with van der Waals surface area (Å²) in [4.78, 5) is 0. The molecule has 18 heavy (non-hydrogen) atoms. The Kier molecular flexibility index (Phi) is 3.45. The Hall–Kier alpha value is -2.12. The summed E-state index contributed by atoms with van der Waals surface area (Å²) in [5, 5.41) is 18.3. The molecule has 0 aliphatic carbocycles. The second-order valence-corrected chi connectivity index (χ2v) is 4.13. The third-order valence-electron chi connectivity index (χ3n) is 2.83. The highest BCUT2D eigenvalue weighted by molar-refractivity contribution is 5.35. The Labute approximate surface area is 105 Å². The van der Waals surface area contributed by atoms with Gasteiger partial charge in [0.1, 0.15) is 11.9 Å². The molecule has 0 amide bonds. The van der Waals surface area contributed by atoms with Crippen molar-refractivity contribution in [1.82, 2.24) is 4.57 Å². The van der Waals surface area contributed by atoms with Crippen LogP contribution in [0, 0.1) is 17.1 Å². The molecular weight excluding hydrogens is 231 g/mol. The van der Waals surface area contributed by atoms with Gasteiger partial charge in [0.05, 0.1) is 18.2 Å². The normalized spacial score (nSPS) is 12.1. The van der Waals surface area contributed by atoms with Crippen molar-refractivity contribution >= 4 is 0 Å². The number of aliphatic hydroxyl groups is 1. The van der Waals surface area contributed by atoms with Gasteiger partial charge in [-0.3, -0.25) is 0 Å². The molecule has 1 heterocycles. The van der Waals surface area contributed by atoms with Gasteiger partial charge in [-0.2, -0.15) is 5.26 Å². The maximum Gasteiger partial charge on any atom is 0.145 e. The van der Waals surface area contributed by atoms with Gasteiger partial charge in [0.25, 0.3) is 0 Å². The number of rotatable bonds is 3. The van der Waals surface area contributed by atoms with Gasteiger partial charge in [0.2, 0.25) is 0 Å².